The molecule has 1 aliphatic carbocycles. The Morgan fingerprint density at radius 2 is 0.626 bits per heavy atom. The van der Waals surface area contributed by atoms with Gasteiger partial charge in [-0.3, -0.25) is 0 Å². The Morgan fingerprint density at radius 3 is 1.00 bits per heavy atom. The molecule has 12 aromatic carbocycles. The minimum atomic E-state index is -0.584. The third-order valence-electron chi connectivity index (χ3n) is 20.4. The number of aryl methyl sites for hydroxylation is 2. The predicted molar refractivity (Wildman–Crippen MR) is 456 cm³/mol. The first-order chi connectivity index (χ1) is 52.9. The number of rotatable bonds is 28. The van der Waals surface area contributed by atoms with Crippen LogP contribution in [0.4, 0.5) is 34.1 Å². The van der Waals surface area contributed by atoms with Gasteiger partial charge in [-0.05, 0) is 229 Å². The van der Waals surface area contributed by atoms with Crippen molar-refractivity contribution >= 4 is 134 Å². The maximum Gasteiger partial charge on any atom is 0.119 e. The number of thiophene rings is 2. The summed E-state index contributed by atoms with van der Waals surface area (Å²) in [5.74, 6) is 1.77. The van der Waals surface area contributed by atoms with Crippen LogP contribution < -0.4 is 19.3 Å². The minimum absolute atomic E-state index is 0.584. The van der Waals surface area contributed by atoms with Gasteiger partial charge in [-0.15, -0.1) is 22.7 Å². The normalized spacial score (nSPS) is 12.2. The van der Waals surface area contributed by atoms with Gasteiger partial charge in [-0.25, -0.2) is 0 Å². The summed E-state index contributed by atoms with van der Waals surface area (Å²) in [7, 11) is 0. The number of unbranched alkanes of at least 4 members (excludes halogenated alkanes) is 6. The third-order valence-corrected chi connectivity index (χ3v) is 24.8. The van der Waals surface area contributed by atoms with Crippen LogP contribution in [-0.4, -0.2) is 30.7 Å². The molecule has 4 aromatic heterocycles. The Balaban J connectivity index is 0.487. The molecule has 1 aliphatic rings. The molecule has 0 spiro atoms. The van der Waals surface area contributed by atoms with Crippen molar-refractivity contribution in [2.24, 2.45) is 0 Å². The molecule has 0 aliphatic heterocycles. The largest absolute Gasteiger partial charge is 0.494 e. The summed E-state index contributed by atoms with van der Waals surface area (Å²) >= 11 is 14.1. The summed E-state index contributed by atoms with van der Waals surface area (Å²) in [6, 6.07) is 109. The molecule has 0 bridgehead atoms. The van der Waals surface area contributed by atoms with Crippen molar-refractivity contribution < 1.29 is 9.47 Å². The Morgan fingerprint density at radius 1 is 0.299 bits per heavy atom. The molecule has 0 amide bonds. The van der Waals surface area contributed by atoms with E-state index in [-0.39, 0.29) is 0 Å². The van der Waals surface area contributed by atoms with Gasteiger partial charge < -0.3 is 19.3 Å². The number of halogens is 2. The third kappa shape index (κ3) is 14.7. The van der Waals surface area contributed by atoms with Gasteiger partial charge in [0.05, 0.1) is 42.1 Å². The minimum Gasteiger partial charge on any atom is -0.494 e. The molecule has 0 saturated carbocycles. The van der Waals surface area contributed by atoms with E-state index in [9.17, 15) is 0 Å². The van der Waals surface area contributed by atoms with Gasteiger partial charge in [-0.2, -0.15) is 17.5 Å². The molecule has 526 valence electrons. The van der Waals surface area contributed by atoms with Gasteiger partial charge >= 0.3 is 0 Å². The van der Waals surface area contributed by atoms with Crippen LogP contribution in [0.1, 0.15) is 83.4 Å². The first-order valence-corrected chi connectivity index (χ1v) is 41.3. The number of aromatic nitrogens is 4. The highest BCUT2D eigenvalue weighted by Gasteiger charge is 2.46. The summed E-state index contributed by atoms with van der Waals surface area (Å²) in [6.07, 6.45) is 10.9. The van der Waals surface area contributed by atoms with Crippen LogP contribution in [0.25, 0.3) is 76.3 Å². The van der Waals surface area contributed by atoms with E-state index >= 15 is 0 Å². The van der Waals surface area contributed by atoms with E-state index in [4.69, 9.17) is 27.0 Å². The fourth-order valence-corrected chi connectivity index (χ4v) is 19.3. The molecular formula is C93H74Br2N6O2S4. The van der Waals surface area contributed by atoms with Gasteiger partial charge in [-0.1, -0.05) is 215 Å². The second-order valence-corrected chi connectivity index (χ2v) is 32.3. The van der Waals surface area contributed by atoms with Crippen LogP contribution >= 0.6 is 78.0 Å². The summed E-state index contributed by atoms with van der Waals surface area (Å²) in [6.45, 7) is 1.34. The highest BCUT2D eigenvalue weighted by molar-refractivity contribution is 9.10. The number of hydrogen-bond donors (Lipinski definition) is 0. The number of hydrogen-bond acceptors (Lipinski definition) is 12. The zero-order valence-electron chi connectivity index (χ0n) is 58.7. The quantitative estimate of drug-likeness (QED) is 0.0449. The Hall–Kier alpha value is -10.2. The number of benzene rings is 12. The lowest BCUT2D eigenvalue weighted by atomic mass is 9.67. The van der Waals surface area contributed by atoms with E-state index in [1.54, 1.807) is 0 Å². The maximum absolute atomic E-state index is 6.49. The highest BCUT2D eigenvalue weighted by Crippen LogP contribution is 2.58. The zero-order chi connectivity index (χ0) is 71.9. The van der Waals surface area contributed by atoms with Gasteiger partial charge in [0.25, 0.3) is 0 Å². The molecule has 0 N–H and O–H groups in total. The Kier molecular flexibility index (Phi) is 21.0. The van der Waals surface area contributed by atoms with E-state index in [0.717, 1.165) is 174 Å². The molecule has 0 atom stereocenters. The molecule has 107 heavy (non-hydrogen) atoms. The molecule has 0 fully saturated rings. The van der Waals surface area contributed by atoms with E-state index < -0.39 is 5.41 Å². The van der Waals surface area contributed by atoms with Crippen molar-refractivity contribution in [1.82, 2.24) is 17.5 Å². The zero-order valence-corrected chi connectivity index (χ0v) is 65.2. The number of anilines is 6. The number of para-hydroxylation sites is 4. The van der Waals surface area contributed by atoms with Gasteiger partial charge in [0.15, 0.2) is 0 Å². The topological polar surface area (TPSA) is 76.5 Å². The van der Waals surface area contributed by atoms with Gasteiger partial charge in [0.1, 0.15) is 33.6 Å². The summed E-state index contributed by atoms with van der Waals surface area (Å²) < 4.78 is 34.5. The molecule has 0 unspecified atom stereocenters. The van der Waals surface area contributed by atoms with E-state index in [2.05, 4.69) is 345 Å². The van der Waals surface area contributed by atoms with Crippen molar-refractivity contribution in [1.29, 1.82) is 0 Å². The average molecular weight is 1600 g/mol. The predicted octanol–water partition coefficient (Wildman–Crippen LogP) is 27.7. The van der Waals surface area contributed by atoms with Crippen molar-refractivity contribution in [3.63, 3.8) is 0 Å². The fourth-order valence-electron chi connectivity index (χ4n) is 15.2. The van der Waals surface area contributed by atoms with Gasteiger partial charge in [0.2, 0.25) is 0 Å². The van der Waals surface area contributed by atoms with Crippen LogP contribution in [0, 0.1) is 0 Å². The SMILES string of the molecule is Brc1ccc2c(c1)C(c1ccc(OCCCCCCc3ccc(-c4ccc(-c5ccc(N(c6ccccc6)c6ccccc6)cc5)c5nsnc45)s3)cc1)(c1ccc(OCCCCCCc3ccc(-c4ccc(-c5ccc(N(c6ccccc6)c6ccccc6)cc5)c5nsnc45)s3)cc1)c1cc(Br)ccc1-2. The Bertz CT molecular complexity index is 5260. The van der Waals surface area contributed by atoms with Crippen LogP contribution in [0.5, 0.6) is 11.5 Å². The molecule has 0 radical (unpaired) electrons. The molecule has 0 saturated heterocycles. The number of ether oxygens (including phenoxy) is 2. The number of fused-ring (bicyclic) bond motifs is 5. The van der Waals surface area contributed by atoms with Crippen molar-refractivity contribution in [2.45, 2.75) is 69.6 Å². The van der Waals surface area contributed by atoms with E-state index in [1.807, 2.05) is 22.7 Å². The van der Waals surface area contributed by atoms with E-state index in [0.29, 0.717) is 13.2 Å². The second kappa shape index (κ2) is 32.1. The van der Waals surface area contributed by atoms with E-state index in [1.165, 1.54) is 76.3 Å². The summed E-state index contributed by atoms with van der Waals surface area (Å²) in [5, 5.41) is 0. The lowest BCUT2D eigenvalue weighted by Crippen LogP contribution is -2.28. The van der Waals surface area contributed by atoms with Crippen LogP contribution in [-0.2, 0) is 18.3 Å². The monoisotopic (exact) mass is 1590 g/mol. The summed E-state index contributed by atoms with van der Waals surface area (Å²) in [5.41, 5.74) is 23.9. The first-order valence-electron chi connectivity index (χ1n) is 36.7. The molecule has 14 heteroatoms. The molecule has 17 rings (SSSR count). The van der Waals surface area contributed by atoms with Crippen LogP contribution in [0.2, 0.25) is 0 Å². The van der Waals surface area contributed by atoms with Crippen LogP contribution in [0.3, 0.4) is 0 Å². The lowest BCUT2D eigenvalue weighted by molar-refractivity contribution is 0.304. The van der Waals surface area contributed by atoms with Crippen molar-refractivity contribution in [3.8, 4) is 65.8 Å². The smallest absolute Gasteiger partial charge is 0.119 e. The first kappa shape index (κ1) is 69.9. The van der Waals surface area contributed by atoms with Crippen molar-refractivity contribution in [2.75, 3.05) is 23.0 Å². The second-order valence-electron chi connectivity index (χ2n) is 27.1. The van der Waals surface area contributed by atoms with Gasteiger partial charge in [0, 0.05) is 84.8 Å². The molecule has 4 heterocycles. The molecule has 8 nitrogen and oxygen atoms in total. The fraction of sp³-hybridized carbons (Fsp3) is 0.140. The Labute approximate surface area is 658 Å². The highest BCUT2D eigenvalue weighted by atomic mass is 79.9. The molecular weight excluding hydrogens is 1520 g/mol. The number of nitrogens with zero attached hydrogens (tertiary/aromatic N) is 6. The van der Waals surface area contributed by atoms with Crippen LogP contribution in [0.15, 0.2) is 312 Å². The standard InChI is InChI=1S/C93H74Br2N6O2S4/c94-67-39-51-81-82-52-40-68(95)62-86(82)93(85(81)61-67,65-35-45-75(46-36-65)102-59-19-3-1-17-29-77-49-57-87(104-77)83-55-53-79(89-91(83)98-106-96-89)63-31-41-73(42-32-63)100(69-21-9-5-10-22-69)70-23-11-6-12-24-70)66-37-47-76(48-38-66)103-60-20-4-2-18-30-78-50-58-88(105-78)84-56-54-80(90-92(84)99-107-97-90)64-33-43-74(44-34-64)101(71-25-13-7-14-26-71)72-27-15-8-16-28-72/h5-16,21-28,31-58,61-62H,1-4,17-20,29-30,59-60H2. The summed E-state index contributed by atoms with van der Waals surface area (Å²) in [4.78, 5) is 9.83. The molecule has 16 aromatic rings. The lowest BCUT2D eigenvalue weighted by Gasteiger charge is -2.34. The van der Waals surface area contributed by atoms with Crippen molar-refractivity contribution in [3.05, 3.63) is 344 Å². The average Bonchev–Trinajstić information content (AvgIpc) is 1.55. The maximum atomic E-state index is 6.49.